The van der Waals surface area contributed by atoms with Crippen LogP contribution in [0.2, 0.25) is 5.02 Å². The molecule has 0 N–H and O–H groups in total. The van der Waals surface area contributed by atoms with Crippen LogP contribution < -0.4 is 0 Å². The Morgan fingerprint density at radius 3 is 2.92 bits per heavy atom. The van der Waals surface area contributed by atoms with Crippen LogP contribution in [0.15, 0.2) is 24.3 Å². The standard InChI is InChI=1S/C10H8ClNO/c11-10-3-1-2-8(5-10)4-9(6-12)7-13/h1-3,5,7,9H,4H2. The molecule has 66 valence electrons. The van der Waals surface area contributed by atoms with Crippen LogP contribution in [0.5, 0.6) is 0 Å². The maximum Gasteiger partial charge on any atom is 0.137 e. The molecule has 1 aromatic carbocycles. The Kier molecular flexibility index (Phi) is 3.48. The van der Waals surface area contributed by atoms with E-state index >= 15 is 0 Å². The topological polar surface area (TPSA) is 40.9 Å². The first-order valence-electron chi connectivity index (χ1n) is 3.85. The fourth-order valence-electron chi connectivity index (χ4n) is 1.04. The summed E-state index contributed by atoms with van der Waals surface area (Å²) in [4.78, 5) is 10.4. The van der Waals surface area contributed by atoms with Gasteiger partial charge in [0, 0.05) is 5.02 Å². The number of benzene rings is 1. The number of aldehydes is 1. The number of hydrogen-bond acceptors (Lipinski definition) is 2. The van der Waals surface area contributed by atoms with Crippen LogP contribution in [0.1, 0.15) is 5.56 Å². The van der Waals surface area contributed by atoms with Crippen LogP contribution in [0.3, 0.4) is 0 Å². The molecule has 0 spiro atoms. The summed E-state index contributed by atoms with van der Waals surface area (Å²) in [5, 5.41) is 9.17. The van der Waals surface area contributed by atoms with E-state index in [4.69, 9.17) is 16.9 Å². The Bertz CT molecular complexity index is 343. The summed E-state index contributed by atoms with van der Waals surface area (Å²) < 4.78 is 0. The van der Waals surface area contributed by atoms with Gasteiger partial charge in [-0.3, -0.25) is 0 Å². The van der Waals surface area contributed by atoms with Gasteiger partial charge in [0.2, 0.25) is 0 Å². The predicted molar refractivity (Wildman–Crippen MR) is 50.3 cm³/mol. The molecule has 1 unspecified atom stereocenters. The Labute approximate surface area is 81.7 Å². The number of rotatable bonds is 3. The van der Waals surface area contributed by atoms with E-state index in [0.29, 0.717) is 17.7 Å². The molecule has 0 radical (unpaired) electrons. The fourth-order valence-corrected chi connectivity index (χ4v) is 1.25. The highest BCUT2D eigenvalue weighted by Gasteiger charge is 2.06. The largest absolute Gasteiger partial charge is 0.302 e. The maximum absolute atomic E-state index is 10.4. The van der Waals surface area contributed by atoms with Crippen molar-refractivity contribution in [3.8, 4) is 6.07 Å². The van der Waals surface area contributed by atoms with Gasteiger partial charge in [0.25, 0.3) is 0 Å². The van der Waals surface area contributed by atoms with E-state index in [1.165, 1.54) is 0 Å². The molecule has 1 rings (SSSR count). The highest BCUT2D eigenvalue weighted by molar-refractivity contribution is 6.30. The second-order valence-electron chi connectivity index (χ2n) is 2.71. The molecule has 0 aromatic heterocycles. The third-order valence-electron chi connectivity index (χ3n) is 1.67. The van der Waals surface area contributed by atoms with Crippen LogP contribution in [-0.4, -0.2) is 6.29 Å². The zero-order chi connectivity index (χ0) is 9.68. The van der Waals surface area contributed by atoms with Crippen LogP contribution in [0.4, 0.5) is 0 Å². The molecule has 0 saturated heterocycles. The molecule has 0 aliphatic carbocycles. The van der Waals surface area contributed by atoms with Crippen LogP contribution in [0.25, 0.3) is 0 Å². The molecule has 1 aromatic rings. The van der Waals surface area contributed by atoms with Crippen LogP contribution in [0, 0.1) is 17.2 Å². The summed E-state index contributed by atoms with van der Waals surface area (Å²) in [5.41, 5.74) is 0.908. The van der Waals surface area contributed by atoms with Gasteiger partial charge in [0.05, 0.1) is 6.07 Å². The van der Waals surface area contributed by atoms with E-state index < -0.39 is 5.92 Å². The zero-order valence-electron chi connectivity index (χ0n) is 6.90. The lowest BCUT2D eigenvalue weighted by atomic mass is 10.0. The van der Waals surface area contributed by atoms with Gasteiger partial charge in [0.1, 0.15) is 12.2 Å². The summed E-state index contributed by atoms with van der Waals surface area (Å²) >= 11 is 5.74. The van der Waals surface area contributed by atoms with Crippen molar-refractivity contribution in [3.63, 3.8) is 0 Å². The van der Waals surface area contributed by atoms with Gasteiger partial charge in [-0.25, -0.2) is 0 Å². The Morgan fingerprint density at radius 2 is 2.38 bits per heavy atom. The minimum Gasteiger partial charge on any atom is -0.302 e. The SMILES string of the molecule is N#CC(C=O)Cc1cccc(Cl)c1. The van der Waals surface area contributed by atoms with E-state index in [-0.39, 0.29) is 0 Å². The lowest BCUT2D eigenvalue weighted by Crippen LogP contribution is -2.02. The van der Waals surface area contributed by atoms with Crippen molar-refractivity contribution < 1.29 is 4.79 Å². The first kappa shape index (κ1) is 9.76. The highest BCUT2D eigenvalue weighted by atomic mass is 35.5. The van der Waals surface area contributed by atoms with Crippen LogP contribution >= 0.6 is 11.6 Å². The normalized spacial score (nSPS) is 11.7. The van der Waals surface area contributed by atoms with Crippen molar-refractivity contribution in [2.45, 2.75) is 6.42 Å². The summed E-state index contributed by atoms with van der Waals surface area (Å²) in [6, 6.07) is 9.07. The van der Waals surface area contributed by atoms with Gasteiger partial charge < -0.3 is 4.79 Å². The number of nitrogens with zero attached hydrogens (tertiary/aromatic N) is 1. The van der Waals surface area contributed by atoms with Crippen molar-refractivity contribution in [3.05, 3.63) is 34.9 Å². The molecule has 0 heterocycles. The number of carbonyl (C=O) groups is 1. The lowest BCUT2D eigenvalue weighted by molar-refractivity contribution is -0.109. The molecule has 0 bridgehead atoms. The second kappa shape index (κ2) is 4.64. The van der Waals surface area contributed by atoms with E-state index in [1.54, 1.807) is 18.2 Å². The molecule has 13 heavy (non-hydrogen) atoms. The van der Waals surface area contributed by atoms with Gasteiger partial charge in [-0.1, -0.05) is 23.7 Å². The minimum atomic E-state index is -0.571. The van der Waals surface area contributed by atoms with Crippen molar-refractivity contribution >= 4 is 17.9 Å². The smallest absolute Gasteiger partial charge is 0.137 e. The molecule has 0 aliphatic rings. The third kappa shape index (κ3) is 2.89. The van der Waals surface area contributed by atoms with Crippen molar-refractivity contribution in [2.75, 3.05) is 0 Å². The lowest BCUT2D eigenvalue weighted by Gasteiger charge is -2.01. The first-order chi connectivity index (χ1) is 6.26. The molecule has 0 aliphatic heterocycles. The molecular weight excluding hydrogens is 186 g/mol. The van der Waals surface area contributed by atoms with E-state index in [1.807, 2.05) is 12.1 Å². The summed E-state index contributed by atoms with van der Waals surface area (Å²) in [6.07, 6.45) is 1.08. The summed E-state index contributed by atoms with van der Waals surface area (Å²) in [6.45, 7) is 0. The molecule has 2 nitrogen and oxygen atoms in total. The van der Waals surface area contributed by atoms with E-state index in [0.717, 1.165) is 5.56 Å². The molecule has 1 atom stereocenters. The molecule has 0 saturated carbocycles. The van der Waals surface area contributed by atoms with Gasteiger partial charge in [-0.05, 0) is 24.1 Å². The Hall–Kier alpha value is -1.33. The minimum absolute atomic E-state index is 0.431. The number of halogens is 1. The van der Waals surface area contributed by atoms with Gasteiger partial charge in [-0.15, -0.1) is 0 Å². The van der Waals surface area contributed by atoms with Gasteiger partial charge in [-0.2, -0.15) is 5.26 Å². The van der Waals surface area contributed by atoms with E-state index in [9.17, 15) is 4.79 Å². The van der Waals surface area contributed by atoms with Crippen molar-refractivity contribution in [1.82, 2.24) is 0 Å². The number of carbonyl (C=O) groups excluding carboxylic acids is 1. The summed E-state index contributed by atoms with van der Waals surface area (Å²) in [5.74, 6) is -0.571. The summed E-state index contributed by atoms with van der Waals surface area (Å²) in [7, 11) is 0. The molecular formula is C10H8ClNO. The average Bonchev–Trinajstić information content (AvgIpc) is 2.14. The Balaban J connectivity index is 2.74. The monoisotopic (exact) mass is 193 g/mol. The molecule has 3 heteroatoms. The third-order valence-corrected chi connectivity index (χ3v) is 1.91. The predicted octanol–water partition coefficient (Wildman–Crippen LogP) is 2.22. The molecule has 0 amide bonds. The highest BCUT2D eigenvalue weighted by Crippen LogP contribution is 2.13. The quantitative estimate of drug-likeness (QED) is 0.691. The van der Waals surface area contributed by atoms with Gasteiger partial charge >= 0.3 is 0 Å². The maximum atomic E-state index is 10.4. The van der Waals surface area contributed by atoms with Crippen LogP contribution in [-0.2, 0) is 11.2 Å². The fraction of sp³-hybridized carbons (Fsp3) is 0.200. The number of nitriles is 1. The van der Waals surface area contributed by atoms with Crippen molar-refractivity contribution in [2.24, 2.45) is 5.92 Å². The van der Waals surface area contributed by atoms with Gasteiger partial charge in [0.15, 0.2) is 0 Å². The first-order valence-corrected chi connectivity index (χ1v) is 4.23. The van der Waals surface area contributed by atoms with E-state index in [2.05, 4.69) is 0 Å². The van der Waals surface area contributed by atoms with Crippen molar-refractivity contribution in [1.29, 1.82) is 5.26 Å². The average molecular weight is 194 g/mol. The zero-order valence-corrected chi connectivity index (χ0v) is 7.66. The molecule has 0 fully saturated rings. The second-order valence-corrected chi connectivity index (χ2v) is 3.14. The number of hydrogen-bond donors (Lipinski definition) is 0. The Morgan fingerprint density at radius 1 is 1.62 bits per heavy atom.